The molecule has 2 aromatic carbocycles. The second-order valence-corrected chi connectivity index (χ2v) is 6.90. The molecule has 1 aliphatic rings. The van der Waals surface area contributed by atoms with E-state index in [-0.39, 0.29) is 24.0 Å². The van der Waals surface area contributed by atoms with Crippen LogP contribution in [-0.2, 0) is 20.9 Å². The summed E-state index contributed by atoms with van der Waals surface area (Å²) in [7, 11) is 0. The largest absolute Gasteiger partial charge is 0.452 e. The highest BCUT2D eigenvalue weighted by molar-refractivity contribution is 8.00. The first-order chi connectivity index (χ1) is 12.5. The third-order valence-electron chi connectivity index (χ3n) is 3.79. The molecule has 2 N–H and O–H groups in total. The first-order valence-electron chi connectivity index (χ1n) is 8.07. The maximum Gasteiger partial charge on any atom is 0.338 e. The molecule has 0 spiro atoms. The van der Waals surface area contributed by atoms with Crippen molar-refractivity contribution in [3.63, 3.8) is 0 Å². The number of hydrogen-bond acceptors (Lipinski definition) is 5. The lowest BCUT2D eigenvalue weighted by atomic mass is 10.1. The van der Waals surface area contributed by atoms with Crippen molar-refractivity contribution in [1.29, 1.82) is 0 Å². The van der Waals surface area contributed by atoms with Crippen LogP contribution in [0.5, 0.6) is 0 Å². The van der Waals surface area contributed by atoms with Crippen molar-refractivity contribution < 1.29 is 19.1 Å². The van der Waals surface area contributed by atoms with Gasteiger partial charge in [0, 0.05) is 11.4 Å². The zero-order valence-corrected chi connectivity index (χ0v) is 15.0. The summed E-state index contributed by atoms with van der Waals surface area (Å²) in [4.78, 5) is 36.3. The quantitative estimate of drug-likeness (QED) is 0.790. The lowest BCUT2D eigenvalue weighted by Crippen LogP contribution is -2.28. The Morgan fingerprint density at radius 1 is 1.19 bits per heavy atom. The van der Waals surface area contributed by atoms with E-state index in [1.165, 1.54) is 11.8 Å². The van der Waals surface area contributed by atoms with Gasteiger partial charge in [0.15, 0.2) is 6.61 Å². The fourth-order valence-electron chi connectivity index (χ4n) is 2.38. The van der Waals surface area contributed by atoms with Gasteiger partial charge < -0.3 is 15.4 Å². The van der Waals surface area contributed by atoms with E-state index in [4.69, 9.17) is 4.74 Å². The van der Waals surface area contributed by atoms with Gasteiger partial charge in [-0.3, -0.25) is 9.59 Å². The van der Waals surface area contributed by atoms with E-state index in [0.29, 0.717) is 18.0 Å². The average molecular weight is 370 g/mol. The number of ether oxygens (including phenoxy) is 1. The van der Waals surface area contributed by atoms with Gasteiger partial charge in [0.25, 0.3) is 5.91 Å². The Morgan fingerprint density at radius 2 is 1.96 bits per heavy atom. The monoisotopic (exact) mass is 370 g/mol. The van der Waals surface area contributed by atoms with Crippen LogP contribution in [0.25, 0.3) is 0 Å². The van der Waals surface area contributed by atoms with Crippen molar-refractivity contribution in [2.45, 2.75) is 18.4 Å². The number of fused-ring (bicyclic) bond motifs is 1. The minimum atomic E-state index is -0.608. The lowest BCUT2D eigenvalue weighted by molar-refractivity contribution is -0.124. The SMILES string of the molecule is Cc1ccc(CNC(=O)COC(=O)c2ccc3c(c2)NC(=O)CS3)cc1. The first-order valence-corrected chi connectivity index (χ1v) is 9.06. The fraction of sp³-hybridized carbons (Fsp3) is 0.211. The number of rotatable bonds is 5. The smallest absolute Gasteiger partial charge is 0.338 e. The molecule has 0 fully saturated rings. The number of anilines is 1. The van der Waals surface area contributed by atoms with Gasteiger partial charge in [-0.05, 0) is 30.7 Å². The molecule has 1 heterocycles. The zero-order chi connectivity index (χ0) is 18.5. The van der Waals surface area contributed by atoms with Gasteiger partial charge in [-0.15, -0.1) is 11.8 Å². The van der Waals surface area contributed by atoms with Crippen LogP contribution in [0.1, 0.15) is 21.5 Å². The van der Waals surface area contributed by atoms with Crippen molar-refractivity contribution in [3.05, 3.63) is 59.2 Å². The summed E-state index contributed by atoms with van der Waals surface area (Å²) in [6.45, 7) is 2.01. The number of amides is 2. The number of benzene rings is 2. The first kappa shape index (κ1) is 18.0. The Morgan fingerprint density at radius 3 is 2.73 bits per heavy atom. The molecule has 0 atom stereocenters. The number of aryl methyl sites for hydroxylation is 1. The second kappa shape index (κ2) is 8.05. The van der Waals surface area contributed by atoms with E-state index in [9.17, 15) is 14.4 Å². The van der Waals surface area contributed by atoms with Crippen molar-refractivity contribution in [1.82, 2.24) is 5.32 Å². The van der Waals surface area contributed by atoms with E-state index >= 15 is 0 Å². The van der Waals surface area contributed by atoms with Crippen molar-refractivity contribution in [2.24, 2.45) is 0 Å². The van der Waals surface area contributed by atoms with E-state index in [1.807, 2.05) is 31.2 Å². The number of esters is 1. The molecule has 134 valence electrons. The van der Waals surface area contributed by atoms with Gasteiger partial charge in [0.05, 0.1) is 17.0 Å². The average Bonchev–Trinajstić information content (AvgIpc) is 2.65. The molecule has 26 heavy (non-hydrogen) atoms. The molecule has 7 heteroatoms. The maximum absolute atomic E-state index is 12.1. The summed E-state index contributed by atoms with van der Waals surface area (Å²) < 4.78 is 5.04. The standard InChI is InChI=1S/C19H18N2O4S/c1-12-2-4-13(5-3-12)9-20-17(22)10-25-19(24)14-6-7-16-15(8-14)21-18(23)11-26-16/h2-8H,9-11H2,1H3,(H,20,22)(H,21,23). The molecule has 0 saturated carbocycles. The summed E-state index contributed by atoms with van der Waals surface area (Å²) in [5.74, 6) is -0.731. The maximum atomic E-state index is 12.1. The van der Waals surface area contributed by atoms with E-state index in [2.05, 4.69) is 10.6 Å². The Balaban J connectivity index is 1.50. The van der Waals surface area contributed by atoms with Crippen molar-refractivity contribution >= 4 is 35.2 Å². The number of hydrogen-bond donors (Lipinski definition) is 2. The van der Waals surface area contributed by atoms with Crippen LogP contribution in [0.15, 0.2) is 47.4 Å². The second-order valence-electron chi connectivity index (χ2n) is 5.89. The van der Waals surface area contributed by atoms with Gasteiger partial charge in [0.2, 0.25) is 5.91 Å². The predicted octanol–water partition coefficient (Wildman–Crippen LogP) is 2.51. The highest BCUT2D eigenvalue weighted by Crippen LogP contribution is 2.32. The molecule has 2 amide bonds. The molecule has 3 rings (SSSR count). The third-order valence-corrected chi connectivity index (χ3v) is 4.87. The van der Waals surface area contributed by atoms with Crippen LogP contribution in [0.4, 0.5) is 5.69 Å². The third kappa shape index (κ3) is 4.64. The van der Waals surface area contributed by atoms with Gasteiger partial charge >= 0.3 is 5.97 Å². The summed E-state index contributed by atoms with van der Waals surface area (Å²) in [5, 5.41) is 5.42. The Hall–Kier alpha value is -2.80. The van der Waals surface area contributed by atoms with Crippen molar-refractivity contribution in [2.75, 3.05) is 17.7 Å². The predicted molar refractivity (Wildman–Crippen MR) is 99.1 cm³/mol. The highest BCUT2D eigenvalue weighted by Gasteiger charge is 2.18. The Labute approximate surface area is 155 Å². The Kier molecular flexibility index (Phi) is 5.58. The molecule has 0 bridgehead atoms. The summed E-state index contributed by atoms with van der Waals surface area (Å²) >= 11 is 1.41. The summed E-state index contributed by atoms with van der Waals surface area (Å²) in [6, 6.07) is 12.7. The fourth-order valence-corrected chi connectivity index (χ4v) is 3.17. The van der Waals surface area contributed by atoms with Crippen LogP contribution < -0.4 is 10.6 Å². The Bertz CT molecular complexity index is 849. The van der Waals surface area contributed by atoms with Crippen molar-refractivity contribution in [3.8, 4) is 0 Å². The van der Waals surface area contributed by atoms with Gasteiger partial charge in [0.1, 0.15) is 0 Å². The number of thioether (sulfide) groups is 1. The number of carbonyl (C=O) groups is 3. The molecule has 0 radical (unpaired) electrons. The van der Waals surface area contributed by atoms with E-state index in [1.54, 1.807) is 18.2 Å². The molecular weight excluding hydrogens is 352 g/mol. The number of nitrogens with one attached hydrogen (secondary N) is 2. The van der Waals surface area contributed by atoms with Crippen LogP contribution in [0.3, 0.4) is 0 Å². The normalized spacial score (nSPS) is 12.7. The van der Waals surface area contributed by atoms with Crippen LogP contribution in [0.2, 0.25) is 0 Å². The minimum absolute atomic E-state index is 0.108. The summed E-state index contributed by atoms with van der Waals surface area (Å²) in [6.07, 6.45) is 0. The number of carbonyl (C=O) groups excluding carboxylic acids is 3. The van der Waals surface area contributed by atoms with E-state index in [0.717, 1.165) is 16.0 Å². The van der Waals surface area contributed by atoms with Gasteiger partial charge in [-0.1, -0.05) is 29.8 Å². The molecule has 0 aromatic heterocycles. The molecule has 0 aliphatic carbocycles. The van der Waals surface area contributed by atoms with E-state index < -0.39 is 5.97 Å². The highest BCUT2D eigenvalue weighted by atomic mass is 32.2. The molecule has 2 aromatic rings. The van der Waals surface area contributed by atoms with Gasteiger partial charge in [-0.25, -0.2) is 4.79 Å². The lowest BCUT2D eigenvalue weighted by Gasteiger charge is -2.16. The molecule has 0 unspecified atom stereocenters. The van der Waals surface area contributed by atoms with Gasteiger partial charge in [-0.2, -0.15) is 0 Å². The molecular formula is C19H18N2O4S. The minimum Gasteiger partial charge on any atom is -0.452 e. The van der Waals surface area contributed by atoms with Crippen LogP contribution >= 0.6 is 11.8 Å². The summed E-state index contributed by atoms with van der Waals surface area (Å²) in [5.41, 5.74) is 2.99. The molecule has 6 nitrogen and oxygen atoms in total. The molecule has 1 aliphatic heterocycles. The topological polar surface area (TPSA) is 84.5 Å². The van der Waals surface area contributed by atoms with Crippen LogP contribution in [-0.4, -0.2) is 30.1 Å². The zero-order valence-electron chi connectivity index (χ0n) is 14.2. The van der Waals surface area contributed by atoms with Crippen LogP contribution in [0, 0.1) is 6.92 Å². The molecule has 0 saturated heterocycles.